The highest BCUT2D eigenvalue weighted by Gasteiger charge is 2.14. The Hall–Kier alpha value is -1.88. The third kappa shape index (κ3) is 2.76. The molecule has 5 heteroatoms. The highest BCUT2D eigenvalue weighted by atomic mass is 16.5. The quantitative estimate of drug-likeness (QED) is 0.918. The third-order valence-corrected chi connectivity index (χ3v) is 3.35. The molecule has 0 saturated carbocycles. The number of aromatic nitrogens is 2. The first-order valence-corrected chi connectivity index (χ1v) is 6.54. The van der Waals surface area contributed by atoms with Gasteiger partial charge in [0.25, 0.3) is 0 Å². The lowest BCUT2D eigenvalue weighted by atomic mass is 10.1. The molecule has 0 aliphatic carbocycles. The molecule has 3 rings (SSSR count). The molecule has 0 radical (unpaired) electrons. The Morgan fingerprint density at radius 2 is 2.32 bits per heavy atom. The standard InChI is InChI=1S/C14H17N3O2/c1-10-7-11(14-17-15-9-19-14)4-5-13(10)16-12-3-2-6-18-8-12/h4-5,7,9,12,16H,2-3,6,8H2,1H3. The smallest absolute Gasteiger partial charge is 0.247 e. The number of benzene rings is 1. The van der Waals surface area contributed by atoms with Crippen molar-refractivity contribution < 1.29 is 9.15 Å². The number of rotatable bonds is 3. The minimum Gasteiger partial charge on any atom is -0.423 e. The van der Waals surface area contributed by atoms with Crippen LogP contribution in [0.4, 0.5) is 5.69 Å². The van der Waals surface area contributed by atoms with Crippen LogP contribution in [-0.4, -0.2) is 29.5 Å². The van der Waals surface area contributed by atoms with E-state index in [1.807, 2.05) is 6.07 Å². The molecule has 2 aromatic rings. The summed E-state index contributed by atoms with van der Waals surface area (Å²) in [6.07, 6.45) is 3.62. The van der Waals surface area contributed by atoms with Crippen LogP contribution in [0.25, 0.3) is 11.5 Å². The van der Waals surface area contributed by atoms with Gasteiger partial charge in [-0.15, -0.1) is 10.2 Å². The van der Waals surface area contributed by atoms with Crippen molar-refractivity contribution in [2.75, 3.05) is 18.5 Å². The van der Waals surface area contributed by atoms with E-state index in [4.69, 9.17) is 9.15 Å². The second kappa shape index (κ2) is 5.40. The predicted octanol–water partition coefficient (Wildman–Crippen LogP) is 2.64. The summed E-state index contributed by atoms with van der Waals surface area (Å²) in [6.45, 7) is 3.74. The zero-order chi connectivity index (χ0) is 13.1. The minimum atomic E-state index is 0.404. The predicted molar refractivity (Wildman–Crippen MR) is 71.9 cm³/mol. The van der Waals surface area contributed by atoms with Crippen molar-refractivity contribution >= 4 is 5.69 Å². The lowest BCUT2D eigenvalue weighted by Gasteiger charge is -2.25. The monoisotopic (exact) mass is 259 g/mol. The van der Waals surface area contributed by atoms with Gasteiger partial charge in [0.05, 0.1) is 6.61 Å². The summed E-state index contributed by atoms with van der Waals surface area (Å²) in [6, 6.07) is 6.51. The summed E-state index contributed by atoms with van der Waals surface area (Å²) in [4.78, 5) is 0. The molecule has 5 nitrogen and oxygen atoms in total. The van der Waals surface area contributed by atoms with Gasteiger partial charge in [0.15, 0.2) is 0 Å². The van der Waals surface area contributed by atoms with Crippen molar-refractivity contribution in [2.24, 2.45) is 0 Å². The van der Waals surface area contributed by atoms with Crippen LogP contribution >= 0.6 is 0 Å². The molecule has 1 aliphatic heterocycles. The van der Waals surface area contributed by atoms with Gasteiger partial charge in [-0.2, -0.15) is 0 Å². The first kappa shape index (κ1) is 12.2. The second-order valence-electron chi connectivity index (χ2n) is 4.83. The van der Waals surface area contributed by atoms with E-state index in [1.165, 1.54) is 12.0 Å². The fourth-order valence-corrected chi connectivity index (χ4v) is 2.33. The zero-order valence-electron chi connectivity index (χ0n) is 10.9. The minimum absolute atomic E-state index is 0.404. The summed E-state index contributed by atoms with van der Waals surface area (Å²) in [5.41, 5.74) is 3.25. The van der Waals surface area contributed by atoms with Crippen molar-refractivity contribution in [3.05, 3.63) is 30.2 Å². The van der Waals surface area contributed by atoms with Crippen LogP contribution in [0.2, 0.25) is 0 Å². The normalized spacial score (nSPS) is 19.3. The van der Waals surface area contributed by atoms with E-state index in [2.05, 4.69) is 34.6 Å². The van der Waals surface area contributed by atoms with E-state index in [0.29, 0.717) is 11.9 Å². The van der Waals surface area contributed by atoms with E-state index in [0.717, 1.165) is 37.3 Å². The van der Waals surface area contributed by atoms with Crippen molar-refractivity contribution in [1.82, 2.24) is 10.2 Å². The van der Waals surface area contributed by atoms with Crippen molar-refractivity contribution in [1.29, 1.82) is 0 Å². The van der Waals surface area contributed by atoms with Gasteiger partial charge in [0, 0.05) is 23.9 Å². The van der Waals surface area contributed by atoms with Gasteiger partial charge in [0.2, 0.25) is 12.3 Å². The summed E-state index contributed by atoms with van der Waals surface area (Å²) >= 11 is 0. The van der Waals surface area contributed by atoms with Gasteiger partial charge in [-0.25, -0.2) is 0 Å². The van der Waals surface area contributed by atoms with Gasteiger partial charge in [0.1, 0.15) is 0 Å². The molecule has 1 aliphatic rings. The molecule has 1 aromatic heterocycles. The molecule has 1 aromatic carbocycles. The Balaban J connectivity index is 1.76. The Morgan fingerprint density at radius 1 is 1.37 bits per heavy atom. The van der Waals surface area contributed by atoms with Gasteiger partial charge in [-0.3, -0.25) is 0 Å². The van der Waals surface area contributed by atoms with E-state index in [-0.39, 0.29) is 0 Å². The number of ether oxygens (including phenoxy) is 1. The molecule has 1 fully saturated rings. The number of aryl methyl sites for hydroxylation is 1. The average Bonchev–Trinajstić information content (AvgIpc) is 2.96. The van der Waals surface area contributed by atoms with Crippen LogP contribution in [0.1, 0.15) is 18.4 Å². The fraction of sp³-hybridized carbons (Fsp3) is 0.429. The van der Waals surface area contributed by atoms with Crippen LogP contribution in [0.3, 0.4) is 0 Å². The molecule has 100 valence electrons. The molecule has 19 heavy (non-hydrogen) atoms. The maximum atomic E-state index is 5.48. The van der Waals surface area contributed by atoms with Crippen LogP contribution < -0.4 is 5.32 Å². The van der Waals surface area contributed by atoms with Crippen LogP contribution in [-0.2, 0) is 4.74 Å². The molecule has 1 N–H and O–H groups in total. The molecule has 1 atom stereocenters. The number of nitrogens with one attached hydrogen (secondary N) is 1. The Labute approximate surface area is 112 Å². The highest BCUT2D eigenvalue weighted by Crippen LogP contribution is 2.24. The lowest BCUT2D eigenvalue weighted by Crippen LogP contribution is -2.30. The van der Waals surface area contributed by atoms with E-state index in [1.54, 1.807) is 0 Å². The number of hydrogen-bond donors (Lipinski definition) is 1. The Kier molecular flexibility index (Phi) is 3.46. The molecule has 0 amide bonds. The second-order valence-corrected chi connectivity index (χ2v) is 4.83. The first-order chi connectivity index (χ1) is 9.33. The number of anilines is 1. The maximum absolute atomic E-state index is 5.48. The Morgan fingerprint density at radius 3 is 3.00 bits per heavy atom. The van der Waals surface area contributed by atoms with Gasteiger partial charge in [-0.1, -0.05) is 0 Å². The molecule has 0 bridgehead atoms. The van der Waals surface area contributed by atoms with Crippen LogP contribution in [0, 0.1) is 6.92 Å². The summed E-state index contributed by atoms with van der Waals surface area (Å²) in [5, 5.41) is 11.1. The average molecular weight is 259 g/mol. The van der Waals surface area contributed by atoms with Gasteiger partial charge in [-0.05, 0) is 43.5 Å². The summed E-state index contributed by atoms with van der Waals surface area (Å²) < 4.78 is 10.7. The third-order valence-electron chi connectivity index (χ3n) is 3.35. The molecule has 2 heterocycles. The molecule has 1 saturated heterocycles. The van der Waals surface area contributed by atoms with Gasteiger partial charge < -0.3 is 14.5 Å². The molecular weight excluding hydrogens is 242 g/mol. The largest absolute Gasteiger partial charge is 0.423 e. The van der Waals surface area contributed by atoms with Crippen molar-refractivity contribution in [3.63, 3.8) is 0 Å². The SMILES string of the molecule is Cc1cc(-c2nnco2)ccc1NC1CCCOC1. The number of nitrogens with zero attached hydrogens (tertiary/aromatic N) is 2. The highest BCUT2D eigenvalue weighted by molar-refractivity contribution is 5.62. The first-order valence-electron chi connectivity index (χ1n) is 6.54. The molecular formula is C14H17N3O2. The zero-order valence-corrected chi connectivity index (χ0v) is 10.9. The molecule has 0 spiro atoms. The topological polar surface area (TPSA) is 60.2 Å². The van der Waals surface area contributed by atoms with Crippen molar-refractivity contribution in [3.8, 4) is 11.5 Å². The van der Waals surface area contributed by atoms with E-state index in [9.17, 15) is 0 Å². The molecule has 1 unspecified atom stereocenters. The van der Waals surface area contributed by atoms with Gasteiger partial charge >= 0.3 is 0 Å². The Bertz CT molecular complexity index is 534. The lowest BCUT2D eigenvalue weighted by molar-refractivity contribution is 0.0876. The van der Waals surface area contributed by atoms with Crippen molar-refractivity contribution in [2.45, 2.75) is 25.8 Å². The van der Waals surface area contributed by atoms with Crippen LogP contribution in [0.15, 0.2) is 29.0 Å². The van der Waals surface area contributed by atoms with E-state index >= 15 is 0 Å². The maximum Gasteiger partial charge on any atom is 0.247 e. The van der Waals surface area contributed by atoms with E-state index < -0.39 is 0 Å². The number of hydrogen-bond acceptors (Lipinski definition) is 5. The van der Waals surface area contributed by atoms with Crippen LogP contribution in [0.5, 0.6) is 0 Å². The fourth-order valence-electron chi connectivity index (χ4n) is 2.33. The summed E-state index contributed by atoms with van der Waals surface area (Å²) in [7, 11) is 0. The summed E-state index contributed by atoms with van der Waals surface area (Å²) in [5.74, 6) is 0.552.